The third-order valence-corrected chi connectivity index (χ3v) is 7.33. The minimum absolute atomic E-state index is 1.05. The van der Waals surface area contributed by atoms with Crippen LogP contribution < -0.4 is 0 Å². The van der Waals surface area contributed by atoms with E-state index in [9.17, 15) is 106 Å². The Morgan fingerprint density at radius 1 is 0.295 bits per heavy atom. The lowest BCUT2D eigenvalue weighted by Gasteiger charge is -2.53. The Morgan fingerprint density at radius 2 is 0.432 bits per heavy atom. The van der Waals surface area contributed by atoms with Crippen molar-refractivity contribution in [1.82, 2.24) is 9.80 Å². The Morgan fingerprint density at radius 3 is 0.591 bits per heavy atom. The summed E-state index contributed by atoms with van der Waals surface area (Å²) in [4.78, 5) is 22.2. The van der Waals surface area contributed by atoms with Crippen molar-refractivity contribution in [1.29, 1.82) is 0 Å². The van der Waals surface area contributed by atoms with E-state index < -0.39 is 118 Å². The number of amides is 2. The number of carbonyl (C=O) groups excluding carboxylic acids is 2. The van der Waals surface area contributed by atoms with Crippen molar-refractivity contribution in [3.63, 3.8) is 0 Å². The predicted molar refractivity (Wildman–Crippen MR) is 90.3 cm³/mol. The number of hydrogen-bond acceptors (Lipinski definition) is 2. The van der Waals surface area contributed by atoms with Gasteiger partial charge >= 0.3 is 70.6 Å². The monoisotopic (exact) mass is 702 g/mol. The molecule has 0 aromatic carbocycles. The first-order valence-electron chi connectivity index (χ1n) is 10.8. The van der Waals surface area contributed by atoms with Gasteiger partial charge in [-0.3, -0.25) is 9.59 Å². The quantitative estimate of drug-likeness (QED) is 0.360. The summed E-state index contributed by atoms with van der Waals surface area (Å²) >= 11 is 0. The molecule has 2 amide bonds. The second-order valence-corrected chi connectivity index (χ2v) is 9.65. The number of carbonyl (C=O) groups is 2. The SMILES string of the molecule is O=C(N1CCN(C(=O)C2(F)C(F)(F)C(F)(F)C(F)(F)C(F)(F)C2(F)F)CC1)C1(F)C(F)(F)C(F)(F)C(F)(F)C(F)(F)C1(F)F. The van der Waals surface area contributed by atoms with Crippen LogP contribution in [-0.4, -0.2) is 118 Å². The first kappa shape index (κ1) is 35.9. The Hall–Kier alpha value is -2.60. The van der Waals surface area contributed by atoms with Crippen LogP contribution in [0, 0.1) is 0 Å². The van der Waals surface area contributed by atoms with E-state index in [2.05, 4.69) is 0 Å². The minimum Gasteiger partial charge on any atom is -0.336 e. The van der Waals surface area contributed by atoms with Crippen molar-refractivity contribution in [2.75, 3.05) is 26.2 Å². The molecule has 2 aliphatic carbocycles. The molecule has 0 radical (unpaired) electrons. The van der Waals surface area contributed by atoms with Crippen molar-refractivity contribution in [2.24, 2.45) is 0 Å². The molecular weight excluding hydrogens is 694 g/mol. The molecule has 1 saturated heterocycles. The summed E-state index contributed by atoms with van der Waals surface area (Å²) in [5.41, 5.74) is -14.7. The highest BCUT2D eigenvalue weighted by Gasteiger charge is 3.04. The fraction of sp³-hybridized carbons (Fsp3) is 0.889. The maximum Gasteiger partial charge on any atom is 0.384 e. The zero-order chi connectivity index (χ0) is 35.1. The van der Waals surface area contributed by atoms with Gasteiger partial charge in [0.25, 0.3) is 11.8 Å². The van der Waals surface area contributed by atoms with E-state index in [1.54, 1.807) is 0 Å². The molecule has 256 valence electrons. The molecule has 3 rings (SSSR count). The Balaban J connectivity index is 2.01. The topological polar surface area (TPSA) is 40.6 Å². The Labute approximate surface area is 225 Å². The van der Waals surface area contributed by atoms with Crippen molar-refractivity contribution in [3.05, 3.63) is 0 Å². The molecule has 3 aliphatic rings. The molecule has 44 heavy (non-hydrogen) atoms. The molecule has 0 N–H and O–H groups in total. The van der Waals surface area contributed by atoms with Crippen LogP contribution >= 0.6 is 0 Å². The van der Waals surface area contributed by atoms with Crippen molar-refractivity contribution >= 4 is 11.8 Å². The maximum absolute atomic E-state index is 14.9. The molecule has 0 aromatic heterocycles. The smallest absolute Gasteiger partial charge is 0.336 e. The fourth-order valence-electron chi connectivity index (χ4n) is 4.53. The average molecular weight is 702 g/mol. The van der Waals surface area contributed by atoms with E-state index in [0.717, 1.165) is 0 Å². The predicted octanol–water partition coefficient (Wildman–Crippen LogP) is 5.45. The average Bonchev–Trinajstić information content (AvgIpc) is 2.88. The fourth-order valence-corrected chi connectivity index (χ4v) is 4.53. The highest BCUT2D eigenvalue weighted by molar-refractivity contribution is 5.91. The van der Waals surface area contributed by atoms with Crippen LogP contribution in [0.2, 0.25) is 0 Å². The molecule has 0 atom stereocenters. The van der Waals surface area contributed by atoms with Gasteiger partial charge in [0.2, 0.25) is 0 Å². The van der Waals surface area contributed by atoms with E-state index >= 15 is 0 Å². The van der Waals surface area contributed by atoms with Crippen LogP contribution in [0.4, 0.5) is 96.6 Å². The molecular formula is C18H8F22N2O2. The van der Waals surface area contributed by atoms with Crippen molar-refractivity contribution in [2.45, 2.75) is 70.6 Å². The van der Waals surface area contributed by atoms with E-state index in [1.807, 2.05) is 0 Å². The lowest BCUT2D eigenvalue weighted by Crippen LogP contribution is -2.87. The third-order valence-electron chi connectivity index (χ3n) is 7.33. The number of hydrogen-bond donors (Lipinski definition) is 0. The summed E-state index contributed by atoms with van der Waals surface area (Å²) in [5.74, 6) is -85.5. The number of piperazine rings is 1. The van der Waals surface area contributed by atoms with Gasteiger partial charge in [0.15, 0.2) is 0 Å². The van der Waals surface area contributed by atoms with Crippen LogP contribution in [0.25, 0.3) is 0 Å². The van der Waals surface area contributed by atoms with Gasteiger partial charge in [-0.25, -0.2) is 8.78 Å². The molecule has 0 spiro atoms. The first-order chi connectivity index (χ1) is 19.0. The first-order valence-corrected chi connectivity index (χ1v) is 10.8. The largest absolute Gasteiger partial charge is 0.384 e. The normalized spacial score (nSPS) is 32.4. The Kier molecular flexibility index (Phi) is 7.01. The molecule has 0 unspecified atom stereocenters. The molecule has 0 bridgehead atoms. The Bertz CT molecular complexity index is 1080. The summed E-state index contributed by atoms with van der Waals surface area (Å²) < 4.78 is 305. The van der Waals surface area contributed by atoms with Crippen LogP contribution in [0.15, 0.2) is 0 Å². The summed E-state index contributed by atoms with van der Waals surface area (Å²) in [7, 11) is 0. The minimum atomic E-state index is -7.79. The highest BCUT2D eigenvalue weighted by Crippen LogP contribution is 2.71. The van der Waals surface area contributed by atoms with Crippen LogP contribution in [0.3, 0.4) is 0 Å². The second kappa shape index (κ2) is 8.60. The molecule has 1 aliphatic heterocycles. The van der Waals surface area contributed by atoms with Gasteiger partial charge in [0, 0.05) is 26.2 Å². The van der Waals surface area contributed by atoms with Gasteiger partial charge < -0.3 is 9.80 Å². The number of alkyl halides is 22. The summed E-state index contributed by atoms with van der Waals surface area (Å²) in [6.45, 7) is -8.70. The van der Waals surface area contributed by atoms with E-state index in [-0.39, 0.29) is 0 Å². The number of rotatable bonds is 2. The van der Waals surface area contributed by atoms with E-state index in [4.69, 9.17) is 0 Å². The summed E-state index contributed by atoms with van der Waals surface area (Å²) in [6.07, 6.45) is 0. The van der Waals surface area contributed by atoms with Crippen LogP contribution in [0.1, 0.15) is 0 Å². The van der Waals surface area contributed by atoms with Crippen LogP contribution in [-0.2, 0) is 9.59 Å². The molecule has 26 heteroatoms. The van der Waals surface area contributed by atoms with Gasteiger partial charge in [-0.1, -0.05) is 0 Å². The van der Waals surface area contributed by atoms with Gasteiger partial charge in [-0.15, -0.1) is 0 Å². The maximum atomic E-state index is 14.9. The standard InChI is InChI=1S/C18H8F22N2O2/c19-7(9(21,22)13(29,30)17(37,38)14(31,32)10(7,23)24)5(43)41-1-2-42(4-3-41)6(44)8(20)11(25,26)15(33,34)18(39,40)16(35,36)12(8,27)28/h1-4H2. The second-order valence-electron chi connectivity index (χ2n) is 9.65. The third kappa shape index (κ3) is 3.17. The molecule has 1 heterocycles. The lowest BCUT2D eigenvalue weighted by molar-refractivity contribution is -0.477. The van der Waals surface area contributed by atoms with Gasteiger partial charge in [-0.2, -0.15) is 87.8 Å². The molecule has 0 aromatic rings. The highest BCUT2D eigenvalue weighted by atomic mass is 19.4. The van der Waals surface area contributed by atoms with Gasteiger partial charge in [0.05, 0.1) is 0 Å². The zero-order valence-electron chi connectivity index (χ0n) is 19.9. The lowest BCUT2D eigenvalue weighted by atomic mass is 9.71. The van der Waals surface area contributed by atoms with E-state index in [1.165, 1.54) is 0 Å². The van der Waals surface area contributed by atoms with E-state index in [0.29, 0.717) is 0 Å². The molecule has 2 saturated carbocycles. The zero-order valence-corrected chi connectivity index (χ0v) is 19.9. The van der Waals surface area contributed by atoms with Gasteiger partial charge in [0.1, 0.15) is 0 Å². The van der Waals surface area contributed by atoms with Crippen LogP contribution in [0.5, 0.6) is 0 Å². The molecule has 3 fully saturated rings. The number of halogens is 22. The summed E-state index contributed by atoms with van der Waals surface area (Å²) in [5, 5.41) is 0. The van der Waals surface area contributed by atoms with Gasteiger partial charge in [-0.05, 0) is 0 Å². The van der Waals surface area contributed by atoms with Crippen molar-refractivity contribution < 1.29 is 106 Å². The summed E-state index contributed by atoms with van der Waals surface area (Å²) in [6, 6.07) is 0. The molecule has 4 nitrogen and oxygen atoms in total. The van der Waals surface area contributed by atoms with Crippen molar-refractivity contribution in [3.8, 4) is 0 Å². The number of nitrogens with zero attached hydrogens (tertiary/aromatic N) is 2.